The zero-order valence-corrected chi connectivity index (χ0v) is 15.4. The second-order valence-corrected chi connectivity index (χ2v) is 6.82. The Bertz CT molecular complexity index is 973. The lowest BCUT2D eigenvalue weighted by Crippen LogP contribution is -2.46. The number of hydrogen-bond acceptors (Lipinski definition) is 3. The molecule has 4 rings (SSSR count). The second-order valence-electron chi connectivity index (χ2n) is 6.82. The average Bonchev–Trinajstić information content (AvgIpc) is 2.74. The van der Waals surface area contributed by atoms with Crippen molar-refractivity contribution in [3.05, 3.63) is 101 Å². The SMILES string of the molecule is O=C(NCc1ccccn1)C1c2ccccc2CC(=O)N1Cc1ccccc1. The standard InChI is InChI=1S/C23H21N3O2/c27-21-14-18-10-4-5-12-20(18)22(26(21)16-17-8-2-1-3-9-17)23(28)25-15-19-11-6-7-13-24-19/h1-13,22H,14-16H2,(H,25,28). The van der Waals surface area contributed by atoms with Gasteiger partial charge in [0.05, 0.1) is 18.7 Å². The van der Waals surface area contributed by atoms with Gasteiger partial charge in [0.15, 0.2) is 0 Å². The van der Waals surface area contributed by atoms with Gasteiger partial charge in [0.2, 0.25) is 11.8 Å². The fraction of sp³-hybridized carbons (Fsp3) is 0.174. The Labute approximate surface area is 164 Å². The summed E-state index contributed by atoms with van der Waals surface area (Å²) in [4.78, 5) is 32.0. The molecule has 1 atom stereocenters. The van der Waals surface area contributed by atoms with Gasteiger partial charge in [-0.2, -0.15) is 0 Å². The van der Waals surface area contributed by atoms with Crippen LogP contribution in [-0.4, -0.2) is 21.7 Å². The van der Waals surface area contributed by atoms with E-state index in [9.17, 15) is 9.59 Å². The van der Waals surface area contributed by atoms with Crippen LogP contribution in [0.15, 0.2) is 79.0 Å². The predicted molar refractivity (Wildman–Crippen MR) is 106 cm³/mol. The monoisotopic (exact) mass is 371 g/mol. The Morgan fingerprint density at radius 3 is 2.54 bits per heavy atom. The van der Waals surface area contributed by atoms with E-state index in [-0.39, 0.29) is 11.8 Å². The highest BCUT2D eigenvalue weighted by Crippen LogP contribution is 2.32. The number of fused-ring (bicyclic) bond motifs is 1. The number of benzene rings is 2. The van der Waals surface area contributed by atoms with Crippen molar-refractivity contribution in [1.29, 1.82) is 0 Å². The van der Waals surface area contributed by atoms with E-state index in [2.05, 4.69) is 10.3 Å². The number of nitrogens with zero attached hydrogens (tertiary/aromatic N) is 2. The maximum absolute atomic E-state index is 13.1. The first-order valence-electron chi connectivity index (χ1n) is 9.31. The summed E-state index contributed by atoms with van der Waals surface area (Å²) in [5, 5.41) is 2.95. The molecule has 0 fully saturated rings. The van der Waals surface area contributed by atoms with Crippen molar-refractivity contribution in [1.82, 2.24) is 15.2 Å². The summed E-state index contributed by atoms with van der Waals surface area (Å²) in [6.45, 7) is 0.724. The quantitative estimate of drug-likeness (QED) is 0.750. The first kappa shape index (κ1) is 17.9. The summed E-state index contributed by atoms with van der Waals surface area (Å²) in [6, 6.07) is 22.4. The minimum atomic E-state index is -0.652. The van der Waals surface area contributed by atoms with Gasteiger partial charge in [-0.15, -0.1) is 0 Å². The van der Waals surface area contributed by atoms with E-state index < -0.39 is 6.04 Å². The molecule has 140 valence electrons. The van der Waals surface area contributed by atoms with Crippen LogP contribution in [0.25, 0.3) is 0 Å². The number of amides is 2. The molecule has 5 nitrogen and oxygen atoms in total. The molecular weight excluding hydrogens is 350 g/mol. The molecule has 0 spiro atoms. The maximum Gasteiger partial charge on any atom is 0.247 e. The topological polar surface area (TPSA) is 62.3 Å². The molecule has 3 aromatic rings. The highest BCUT2D eigenvalue weighted by molar-refractivity contribution is 5.92. The number of aromatic nitrogens is 1. The van der Waals surface area contributed by atoms with Gasteiger partial charge < -0.3 is 10.2 Å². The van der Waals surface area contributed by atoms with E-state index in [0.29, 0.717) is 19.5 Å². The highest BCUT2D eigenvalue weighted by atomic mass is 16.2. The Kier molecular flexibility index (Phi) is 5.15. The van der Waals surface area contributed by atoms with Crippen LogP contribution >= 0.6 is 0 Å². The molecule has 1 N–H and O–H groups in total. The van der Waals surface area contributed by atoms with Gasteiger partial charge in [-0.1, -0.05) is 60.7 Å². The lowest BCUT2D eigenvalue weighted by Gasteiger charge is -2.36. The summed E-state index contributed by atoms with van der Waals surface area (Å²) in [5.41, 5.74) is 3.57. The molecule has 5 heteroatoms. The second kappa shape index (κ2) is 8.05. The van der Waals surface area contributed by atoms with Gasteiger partial charge >= 0.3 is 0 Å². The molecule has 0 saturated heterocycles. The number of carbonyl (C=O) groups is 2. The summed E-state index contributed by atoms with van der Waals surface area (Å²) in [7, 11) is 0. The van der Waals surface area contributed by atoms with Crippen molar-refractivity contribution in [2.75, 3.05) is 0 Å². The number of rotatable bonds is 5. The normalized spacial score (nSPS) is 15.8. The molecule has 2 aromatic carbocycles. The highest BCUT2D eigenvalue weighted by Gasteiger charge is 2.36. The molecule has 0 bridgehead atoms. The largest absolute Gasteiger partial charge is 0.348 e. The van der Waals surface area contributed by atoms with Gasteiger partial charge in [0, 0.05) is 12.7 Å². The fourth-order valence-electron chi connectivity index (χ4n) is 3.56. The van der Waals surface area contributed by atoms with Gasteiger partial charge in [0.25, 0.3) is 0 Å². The molecule has 1 aliphatic rings. The number of hydrogen-bond donors (Lipinski definition) is 1. The van der Waals surface area contributed by atoms with Gasteiger partial charge in [-0.05, 0) is 28.8 Å². The Morgan fingerprint density at radius 2 is 1.75 bits per heavy atom. The van der Waals surface area contributed by atoms with E-state index in [1.165, 1.54) is 0 Å². The van der Waals surface area contributed by atoms with Crippen LogP contribution in [-0.2, 0) is 29.1 Å². The van der Waals surface area contributed by atoms with E-state index in [4.69, 9.17) is 0 Å². The molecule has 0 radical (unpaired) electrons. The van der Waals surface area contributed by atoms with Crippen LogP contribution in [0.2, 0.25) is 0 Å². The first-order chi connectivity index (χ1) is 13.7. The molecule has 1 aliphatic heterocycles. The van der Waals surface area contributed by atoms with Crippen molar-refractivity contribution in [2.45, 2.75) is 25.6 Å². The van der Waals surface area contributed by atoms with Crippen molar-refractivity contribution in [2.24, 2.45) is 0 Å². The summed E-state index contributed by atoms with van der Waals surface area (Å²) in [6.07, 6.45) is 2.01. The lowest BCUT2D eigenvalue weighted by molar-refractivity contribution is -0.142. The Balaban J connectivity index is 1.62. The zero-order valence-electron chi connectivity index (χ0n) is 15.4. The molecule has 1 unspecified atom stereocenters. The first-order valence-corrected chi connectivity index (χ1v) is 9.31. The van der Waals surface area contributed by atoms with Gasteiger partial charge in [-0.3, -0.25) is 14.6 Å². The summed E-state index contributed by atoms with van der Waals surface area (Å²) in [5.74, 6) is -0.234. The molecule has 0 aliphatic carbocycles. The molecule has 0 saturated carbocycles. The van der Waals surface area contributed by atoms with Crippen LogP contribution in [0.3, 0.4) is 0 Å². The number of nitrogens with one attached hydrogen (secondary N) is 1. The third-order valence-corrected chi connectivity index (χ3v) is 4.94. The molecule has 2 heterocycles. The van der Waals surface area contributed by atoms with Gasteiger partial charge in [0.1, 0.15) is 6.04 Å². The van der Waals surface area contributed by atoms with Crippen LogP contribution in [0.1, 0.15) is 28.4 Å². The van der Waals surface area contributed by atoms with Crippen LogP contribution in [0.5, 0.6) is 0 Å². The van der Waals surface area contributed by atoms with Crippen LogP contribution < -0.4 is 5.32 Å². The fourth-order valence-corrected chi connectivity index (χ4v) is 3.56. The minimum absolute atomic E-state index is 0.0412. The smallest absolute Gasteiger partial charge is 0.247 e. The minimum Gasteiger partial charge on any atom is -0.348 e. The third kappa shape index (κ3) is 3.78. The number of carbonyl (C=O) groups excluding carboxylic acids is 2. The average molecular weight is 371 g/mol. The van der Waals surface area contributed by atoms with E-state index >= 15 is 0 Å². The zero-order chi connectivity index (χ0) is 19.3. The lowest BCUT2D eigenvalue weighted by atomic mass is 9.91. The van der Waals surface area contributed by atoms with Crippen molar-refractivity contribution in [3.8, 4) is 0 Å². The molecular formula is C23H21N3O2. The van der Waals surface area contributed by atoms with E-state index in [0.717, 1.165) is 22.4 Å². The van der Waals surface area contributed by atoms with Crippen molar-refractivity contribution in [3.63, 3.8) is 0 Å². The molecule has 28 heavy (non-hydrogen) atoms. The van der Waals surface area contributed by atoms with E-state index in [1.54, 1.807) is 11.1 Å². The Morgan fingerprint density at radius 1 is 1.00 bits per heavy atom. The van der Waals surface area contributed by atoms with Crippen LogP contribution in [0, 0.1) is 0 Å². The predicted octanol–water partition coefficient (Wildman–Crippen LogP) is 3.02. The van der Waals surface area contributed by atoms with Crippen molar-refractivity contribution >= 4 is 11.8 Å². The maximum atomic E-state index is 13.1. The third-order valence-electron chi connectivity index (χ3n) is 4.94. The summed E-state index contributed by atoms with van der Waals surface area (Å²) >= 11 is 0. The van der Waals surface area contributed by atoms with E-state index in [1.807, 2.05) is 72.8 Å². The molecule has 2 amide bonds. The summed E-state index contributed by atoms with van der Waals surface area (Å²) < 4.78 is 0. The van der Waals surface area contributed by atoms with Gasteiger partial charge in [-0.25, -0.2) is 0 Å². The Hall–Kier alpha value is -3.47. The van der Waals surface area contributed by atoms with Crippen molar-refractivity contribution < 1.29 is 9.59 Å². The molecule has 1 aromatic heterocycles. The number of pyridine rings is 1. The van der Waals surface area contributed by atoms with Crippen LogP contribution in [0.4, 0.5) is 0 Å².